The molecule has 1 aliphatic heterocycles. The zero-order valence-corrected chi connectivity index (χ0v) is 18.9. The fourth-order valence-electron chi connectivity index (χ4n) is 3.80. The van der Waals surface area contributed by atoms with Crippen molar-refractivity contribution in [1.82, 2.24) is 10.3 Å². The lowest BCUT2D eigenvalue weighted by Gasteiger charge is -2.35. The molecular weight excluding hydrogens is 443 g/mol. The lowest BCUT2D eigenvalue weighted by molar-refractivity contribution is -0.192. The highest BCUT2D eigenvalue weighted by molar-refractivity contribution is 5.73. The Morgan fingerprint density at radius 3 is 2.41 bits per heavy atom. The van der Waals surface area contributed by atoms with Gasteiger partial charge >= 0.3 is 12.1 Å². The van der Waals surface area contributed by atoms with Crippen LogP contribution in [-0.4, -0.2) is 41.4 Å². The molecule has 0 bridgehead atoms. The van der Waals surface area contributed by atoms with E-state index in [1.54, 1.807) is 0 Å². The Hall–Kier alpha value is -3.39. The van der Waals surface area contributed by atoms with E-state index in [4.69, 9.17) is 9.90 Å². The number of piperidine rings is 1. The van der Waals surface area contributed by atoms with Gasteiger partial charge in [-0.05, 0) is 66.8 Å². The molecule has 0 aliphatic carbocycles. The van der Waals surface area contributed by atoms with Gasteiger partial charge in [0.2, 0.25) is 0 Å². The maximum absolute atomic E-state index is 10.6. The number of carboxylic acid groups (broad SMARTS) is 1. The molecule has 1 fully saturated rings. The lowest BCUT2D eigenvalue weighted by Crippen LogP contribution is -2.45. The minimum absolute atomic E-state index is 0.532. The highest BCUT2D eigenvalue weighted by Gasteiger charge is 2.38. The van der Waals surface area contributed by atoms with Gasteiger partial charge < -0.3 is 15.3 Å². The molecule has 180 valence electrons. The first-order valence-electron chi connectivity index (χ1n) is 11.1. The molecule has 2 heterocycles. The number of carboxylic acids is 1. The van der Waals surface area contributed by atoms with E-state index in [2.05, 4.69) is 82.8 Å². The molecule has 0 amide bonds. The van der Waals surface area contributed by atoms with Crippen LogP contribution in [0.2, 0.25) is 0 Å². The Balaban J connectivity index is 0.000000406. The third-order valence-electron chi connectivity index (χ3n) is 5.60. The Morgan fingerprint density at radius 1 is 1.09 bits per heavy atom. The second-order valence-corrected chi connectivity index (χ2v) is 8.24. The molecule has 1 aromatic heterocycles. The van der Waals surface area contributed by atoms with Crippen LogP contribution < -0.4 is 10.2 Å². The Morgan fingerprint density at radius 2 is 1.76 bits per heavy atom. The first-order valence-corrected chi connectivity index (χ1v) is 11.1. The Bertz CT molecular complexity index is 1060. The first-order chi connectivity index (χ1) is 16.2. The normalized spacial score (nSPS) is 15.9. The van der Waals surface area contributed by atoms with E-state index < -0.39 is 12.1 Å². The fourth-order valence-corrected chi connectivity index (χ4v) is 3.80. The molecule has 2 N–H and O–H groups in total. The van der Waals surface area contributed by atoms with Crippen molar-refractivity contribution in [2.24, 2.45) is 0 Å². The van der Waals surface area contributed by atoms with Crippen LogP contribution in [0.3, 0.4) is 0 Å². The van der Waals surface area contributed by atoms with E-state index in [0.717, 1.165) is 19.6 Å². The van der Waals surface area contributed by atoms with Crippen molar-refractivity contribution >= 4 is 11.7 Å². The zero-order valence-electron chi connectivity index (χ0n) is 18.9. The molecular formula is C26H28F3N3O2. The number of alkyl halides is 3. The van der Waals surface area contributed by atoms with Crippen molar-refractivity contribution in [3.63, 3.8) is 0 Å². The van der Waals surface area contributed by atoms with Crippen molar-refractivity contribution in [3.05, 3.63) is 84.2 Å². The number of aryl methyl sites for hydroxylation is 1. The third-order valence-corrected chi connectivity index (χ3v) is 5.60. The average Bonchev–Trinajstić information content (AvgIpc) is 2.84. The van der Waals surface area contributed by atoms with Gasteiger partial charge in [-0.15, -0.1) is 0 Å². The standard InChI is InChI=1S/C24H27N3.C2HF3O2/c1-19-7-9-24(10-8-19)27-15-3-6-23(18-27)26-17-20-4-2-5-22(16-20)21-11-13-25-14-12-21;3-2(4,5)1(6)7/h2,4-5,7-14,16,23,26H,3,6,15,17-18H2,1H3;(H,6,7). The highest BCUT2D eigenvalue weighted by atomic mass is 19.4. The number of hydrogen-bond acceptors (Lipinski definition) is 4. The van der Waals surface area contributed by atoms with Crippen LogP contribution in [0.25, 0.3) is 11.1 Å². The number of aliphatic carboxylic acids is 1. The van der Waals surface area contributed by atoms with Crippen molar-refractivity contribution in [2.45, 2.75) is 38.5 Å². The van der Waals surface area contributed by atoms with Gasteiger partial charge in [-0.25, -0.2) is 4.79 Å². The molecule has 1 unspecified atom stereocenters. The van der Waals surface area contributed by atoms with Gasteiger partial charge in [0.15, 0.2) is 0 Å². The van der Waals surface area contributed by atoms with E-state index in [-0.39, 0.29) is 0 Å². The number of aromatic nitrogens is 1. The Labute approximate surface area is 197 Å². The van der Waals surface area contributed by atoms with Crippen molar-refractivity contribution < 1.29 is 23.1 Å². The molecule has 4 rings (SSSR count). The Kier molecular flexibility index (Phi) is 8.65. The van der Waals surface area contributed by atoms with Crippen LogP contribution in [0.15, 0.2) is 73.1 Å². The van der Waals surface area contributed by atoms with Gasteiger partial charge in [-0.3, -0.25) is 4.98 Å². The lowest BCUT2D eigenvalue weighted by atomic mass is 10.0. The van der Waals surface area contributed by atoms with Crippen LogP contribution in [0.1, 0.15) is 24.0 Å². The van der Waals surface area contributed by atoms with Gasteiger partial charge in [0.25, 0.3) is 0 Å². The summed E-state index contributed by atoms with van der Waals surface area (Å²) >= 11 is 0. The van der Waals surface area contributed by atoms with Crippen LogP contribution in [0.4, 0.5) is 18.9 Å². The number of nitrogens with zero attached hydrogens (tertiary/aromatic N) is 2. The largest absolute Gasteiger partial charge is 0.490 e. The SMILES string of the molecule is Cc1ccc(N2CCCC(NCc3cccc(-c4ccncc4)c3)C2)cc1.O=C(O)C(F)(F)F. The van der Waals surface area contributed by atoms with Gasteiger partial charge in [0.1, 0.15) is 0 Å². The van der Waals surface area contributed by atoms with E-state index in [1.165, 1.54) is 40.8 Å². The molecule has 0 saturated carbocycles. The summed E-state index contributed by atoms with van der Waals surface area (Å²) in [6.07, 6.45) is 1.10. The zero-order chi connectivity index (χ0) is 24.6. The van der Waals surface area contributed by atoms with Crippen LogP contribution in [0.5, 0.6) is 0 Å². The smallest absolute Gasteiger partial charge is 0.475 e. The number of carbonyl (C=O) groups is 1. The molecule has 2 aromatic carbocycles. The van der Waals surface area contributed by atoms with E-state index in [9.17, 15) is 13.2 Å². The van der Waals surface area contributed by atoms with Gasteiger partial charge in [-0.2, -0.15) is 13.2 Å². The number of pyridine rings is 1. The summed E-state index contributed by atoms with van der Waals surface area (Å²) in [6.45, 7) is 5.28. The molecule has 3 aromatic rings. The summed E-state index contributed by atoms with van der Waals surface area (Å²) in [7, 11) is 0. The highest BCUT2D eigenvalue weighted by Crippen LogP contribution is 2.22. The molecule has 1 saturated heterocycles. The van der Waals surface area contributed by atoms with E-state index in [0.29, 0.717) is 6.04 Å². The second-order valence-electron chi connectivity index (χ2n) is 8.24. The summed E-state index contributed by atoms with van der Waals surface area (Å²) in [5, 5.41) is 10.9. The predicted octanol–water partition coefficient (Wildman–Crippen LogP) is 5.45. The first kappa shape index (κ1) is 25.2. The average molecular weight is 472 g/mol. The number of hydrogen-bond donors (Lipinski definition) is 2. The number of benzene rings is 2. The molecule has 1 aliphatic rings. The topological polar surface area (TPSA) is 65.5 Å². The molecule has 0 radical (unpaired) electrons. The number of anilines is 1. The van der Waals surface area contributed by atoms with Crippen LogP contribution >= 0.6 is 0 Å². The summed E-state index contributed by atoms with van der Waals surface area (Å²) in [5.74, 6) is -2.76. The summed E-state index contributed by atoms with van der Waals surface area (Å²) in [5.41, 5.74) is 6.46. The van der Waals surface area contributed by atoms with Crippen LogP contribution in [0, 0.1) is 6.92 Å². The molecule has 8 heteroatoms. The predicted molar refractivity (Wildman–Crippen MR) is 127 cm³/mol. The minimum Gasteiger partial charge on any atom is -0.475 e. The maximum Gasteiger partial charge on any atom is 0.490 e. The van der Waals surface area contributed by atoms with Crippen LogP contribution in [-0.2, 0) is 11.3 Å². The quantitative estimate of drug-likeness (QED) is 0.518. The molecule has 5 nitrogen and oxygen atoms in total. The summed E-state index contributed by atoms with van der Waals surface area (Å²) in [6, 6.07) is 22.4. The van der Waals surface area contributed by atoms with Crippen molar-refractivity contribution in [3.8, 4) is 11.1 Å². The number of rotatable bonds is 5. The van der Waals surface area contributed by atoms with E-state index in [1.807, 2.05) is 12.4 Å². The van der Waals surface area contributed by atoms with Crippen molar-refractivity contribution in [1.29, 1.82) is 0 Å². The summed E-state index contributed by atoms with van der Waals surface area (Å²) in [4.78, 5) is 15.5. The minimum atomic E-state index is -5.08. The van der Waals surface area contributed by atoms with Gasteiger partial charge in [0.05, 0.1) is 0 Å². The number of nitrogens with one attached hydrogen (secondary N) is 1. The fraction of sp³-hybridized carbons (Fsp3) is 0.308. The molecule has 34 heavy (non-hydrogen) atoms. The van der Waals surface area contributed by atoms with Crippen molar-refractivity contribution in [2.75, 3.05) is 18.0 Å². The molecule has 1 atom stereocenters. The molecule has 0 spiro atoms. The van der Waals surface area contributed by atoms with E-state index >= 15 is 0 Å². The number of halogens is 3. The maximum atomic E-state index is 10.6. The van der Waals surface area contributed by atoms with Gasteiger partial charge in [-0.1, -0.05) is 35.9 Å². The van der Waals surface area contributed by atoms with Gasteiger partial charge in [0, 0.05) is 43.8 Å². The summed E-state index contributed by atoms with van der Waals surface area (Å²) < 4.78 is 31.7. The monoisotopic (exact) mass is 471 g/mol. The third kappa shape index (κ3) is 7.59. The second kappa shape index (κ2) is 11.7.